The molecule has 0 aromatic heterocycles. The van der Waals surface area contributed by atoms with Crippen LogP contribution in [0.15, 0.2) is 36.4 Å². The van der Waals surface area contributed by atoms with Gasteiger partial charge in [-0.1, -0.05) is 6.07 Å². The first-order valence-electron chi connectivity index (χ1n) is 7.06. The van der Waals surface area contributed by atoms with Gasteiger partial charge in [0, 0.05) is 5.39 Å². The van der Waals surface area contributed by atoms with E-state index in [0.717, 1.165) is 0 Å². The highest BCUT2D eigenvalue weighted by molar-refractivity contribution is 6.28. The fourth-order valence-electron chi connectivity index (χ4n) is 3.13. The van der Waals surface area contributed by atoms with Crippen molar-refractivity contribution in [3.8, 4) is 34.5 Å². The summed E-state index contributed by atoms with van der Waals surface area (Å²) in [7, 11) is 0. The lowest BCUT2D eigenvalue weighted by molar-refractivity contribution is 0.371. The van der Waals surface area contributed by atoms with Gasteiger partial charge in [0.25, 0.3) is 0 Å². The molecule has 0 saturated heterocycles. The van der Waals surface area contributed by atoms with E-state index in [0.29, 0.717) is 26.9 Å². The summed E-state index contributed by atoms with van der Waals surface area (Å²) in [6.45, 7) is 0. The molecule has 4 aromatic rings. The van der Waals surface area contributed by atoms with Gasteiger partial charge in [0.2, 0.25) is 5.75 Å². The largest absolute Gasteiger partial charge is 0.508 e. The van der Waals surface area contributed by atoms with Gasteiger partial charge >= 0.3 is 0 Å². The quantitative estimate of drug-likeness (QED) is 0.218. The molecular weight excluding hydrogens is 312 g/mol. The molecule has 6 heteroatoms. The number of phenols is 6. The zero-order chi connectivity index (χ0) is 17.2. The Kier molecular flexibility index (Phi) is 2.63. The van der Waals surface area contributed by atoms with Gasteiger partial charge in [0.15, 0.2) is 23.0 Å². The molecule has 0 amide bonds. The molecule has 0 saturated carbocycles. The van der Waals surface area contributed by atoms with Crippen molar-refractivity contribution in [3.63, 3.8) is 0 Å². The molecular formula is C18H12O6. The molecule has 0 unspecified atom stereocenters. The minimum atomic E-state index is -0.672. The van der Waals surface area contributed by atoms with Gasteiger partial charge in [-0.25, -0.2) is 0 Å². The van der Waals surface area contributed by atoms with E-state index in [2.05, 4.69) is 0 Å². The van der Waals surface area contributed by atoms with Gasteiger partial charge in [-0.2, -0.15) is 0 Å². The Labute approximate surface area is 134 Å². The summed E-state index contributed by atoms with van der Waals surface area (Å²) in [6.07, 6.45) is 0. The smallest absolute Gasteiger partial charge is 0.200 e. The number of phenolic OH excluding ortho intramolecular Hbond substituents is 6. The standard InChI is InChI=1S/C18H12O6/c19-7-1-2-8-9(3-7)10-4-13(20)14(21)5-12(10)16-11(8)6-15(22)17(23)18(16)24/h1-6,19-24H. The highest BCUT2D eigenvalue weighted by Gasteiger charge is 2.19. The molecule has 6 N–H and O–H groups in total. The van der Waals surface area contributed by atoms with Crippen molar-refractivity contribution in [3.05, 3.63) is 36.4 Å². The fourth-order valence-corrected chi connectivity index (χ4v) is 3.13. The van der Waals surface area contributed by atoms with Crippen LogP contribution in [-0.2, 0) is 0 Å². The average Bonchev–Trinajstić information content (AvgIpc) is 2.54. The minimum Gasteiger partial charge on any atom is -0.508 e. The summed E-state index contributed by atoms with van der Waals surface area (Å²) in [5, 5.41) is 62.0. The summed E-state index contributed by atoms with van der Waals surface area (Å²) >= 11 is 0. The van der Waals surface area contributed by atoms with Crippen molar-refractivity contribution in [2.24, 2.45) is 0 Å². The molecule has 0 aliphatic rings. The maximum absolute atomic E-state index is 10.3. The lowest BCUT2D eigenvalue weighted by atomic mass is 9.93. The molecule has 0 heterocycles. The first-order chi connectivity index (χ1) is 11.4. The van der Waals surface area contributed by atoms with Gasteiger partial charge in [-0.3, -0.25) is 0 Å². The summed E-state index contributed by atoms with van der Waals surface area (Å²) in [5.74, 6) is -2.44. The van der Waals surface area contributed by atoms with E-state index >= 15 is 0 Å². The maximum Gasteiger partial charge on any atom is 0.200 e. The number of fused-ring (bicyclic) bond motifs is 6. The van der Waals surface area contributed by atoms with Crippen LogP contribution in [-0.4, -0.2) is 30.6 Å². The van der Waals surface area contributed by atoms with Gasteiger partial charge in [-0.05, 0) is 57.3 Å². The first-order valence-corrected chi connectivity index (χ1v) is 7.06. The van der Waals surface area contributed by atoms with Crippen LogP contribution in [0.5, 0.6) is 34.5 Å². The van der Waals surface area contributed by atoms with Gasteiger partial charge in [0.05, 0.1) is 0 Å². The summed E-state index contributed by atoms with van der Waals surface area (Å²) in [4.78, 5) is 0. The Bertz CT molecular complexity index is 1160. The fraction of sp³-hybridized carbons (Fsp3) is 0. The van der Waals surface area contributed by atoms with Crippen molar-refractivity contribution in [2.45, 2.75) is 0 Å². The van der Waals surface area contributed by atoms with Crippen LogP contribution in [0.2, 0.25) is 0 Å². The molecule has 0 atom stereocenters. The predicted molar refractivity (Wildman–Crippen MR) is 88.9 cm³/mol. The SMILES string of the molecule is Oc1ccc2c(c1)c1cc(O)c(O)cc1c1c(O)c(O)c(O)cc21. The van der Waals surface area contributed by atoms with Crippen molar-refractivity contribution in [1.29, 1.82) is 0 Å². The zero-order valence-corrected chi connectivity index (χ0v) is 12.1. The molecule has 24 heavy (non-hydrogen) atoms. The van der Waals surface area contributed by atoms with E-state index in [1.54, 1.807) is 6.07 Å². The molecule has 0 radical (unpaired) electrons. The Balaban J connectivity index is 2.43. The van der Waals surface area contributed by atoms with Crippen LogP contribution in [0, 0.1) is 0 Å². The van der Waals surface area contributed by atoms with Crippen molar-refractivity contribution in [1.82, 2.24) is 0 Å². The van der Waals surface area contributed by atoms with E-state index in [4.69, 9.17) is 0 Å². The minimum absolute atomic E-state index is 0.00272. The second-order valence-electron chi connectivity index (χ2n) is 5.63. The van der Waals surface area contributed by atoms with Crippen molar-refractivity contribution >= 4 is 32.3 Å². The summed E-state index contributed by atoms with van der Waals surface area (Å²) in [6, 6.07) is 8.41. The molecule has 0 fully saturated rings. The topological polar surface area (TPSA) is 121 Å². The zero-order valence-electron chi connectivity index (χ0n) is 12.1. The molecule has 0 spiro atoms. The molecule has 0 aliphatic heterocycles. The number of benzene rings is 4. The molecule has 6 nitrogen and oxygen atoms in total. The Morgan fingerprint density at radius 2 is 1.00 bits per heavy atom. The van der Waals surface area contributed by atoms with E-state index in [-0.39, 0.29) is 16.9 Å². The van der Waals surface area contributed by atoms with Crippen molar-refractivity contribution in [2.75, 3.05) is 0 Å². The van der Waals surface area contributed by atoms with Gasteiger partial charge in [0.1, 0.15) is 5.75 Å². The Morgan fingerprint density at radius 1 is 0.458 bits per heavy atom. The Morgan fingerprint density at radius 3 is 1.71 bits per heavy atom. The maximum atomic E-state index is 10.3. The number of hydrogen-bond donors (Lipinski definition) is 6. The third-order valence-electron chi connectivity index (χ3n) is 4.22. The highest BCUT2D eigenvalue weighted by Crippen LogP contribution is 2.49. The second-order valence-corrected chi connectivity index (χ2v) is 5.63. The third-order valence-corrected chi connectivity index (χ3v) is 4.22. The molecule has 4 aromatic carbocycles. The summed E-state index contributed by atoms with van der Waals surface area (Å²) in [5.41, 5.74) is 0. The van der Waals surface area contributed by atoms with E-state index in [1.165, 1.54) is 30.3 Å². The first kappa shape index (κ1) is 14.1. The van der Waals surface area contributed by atoms with Crippen molar-refractivity contribution < 1.29 is 30.6 Å². The third kappa shape index (κ3) is 1.70. The molecule has 0 bridgehead atoms. The van der Waals surface area contributed by atoms with Crippen LogP contribution in [0.1, 0.15) is 0 Å². The monoisotopic (exact) mass is 324 g/mol. The Hall–Kier alpha value is -3.54. The van der Waals surface area contributed by atoms with Crippen LogP contribution in [0.4, 0.5) is 0 Å². The van der Waals surface area contributed by atoms with Crippen LogP contribution < -0.4 is 0 Å². The number of rotatable bonds is 0. The lowest BCUT2D eigenvalue weighted by Gasteiger charge is -2.14. The summed E-state index contributed by atoms with van der Waals surface area (Å²) < 4.78 is 0. The van der Waals surface area contributed by atoms with Gasteiger partial charge in [-0.15, -0.1) is 0 Å². The molecule has 4 rings (SSSR count). The van der Waals surface area contributed by atoms with Crippen LogP contribution in [0.25, 0.3) is 32.3 Å². The van der Waals surface area contributed by atoms with Crippen LogP contribution in [0.3, 0.4) is 0 Å². The number of hydrogen-bond acceptors (Lipinski definition) is 6. The van der Waals surface area contributed by atoms with E-state index in [1.807, 2.05) is 0 Å². The van der Waals surface area contributed by atoms with E-state index in [9.17, 15) is 30.6 Å². The van der Waals surface area contributed by atoms with E-state index < -0.39 is 23.0 Å². The van der Waals surface area contributed by atoms with Crippen LogP contribution >= 0.6 is 0 Å². The lowest BCUT2D eigenvalue weighted by Crippen LogP contribution is -1.86. The molecule has 120 valence electrons. The predicted octanol–water partition coefficient (Wildman–Crippen LogP) is 3.38. The molecule has 0 aliphatic carbocycles. The highest BCUT2D eigenvalue weighted by atomic mass is 16.3. The second kappa shape index (κ2) is 4.48. The normalized spacial score (nSPS) is 11.5. The van der Waals surface area contributed by atoms with Gasteiger partial charge < -0.3 is 30.6 Å². The number of aromatic hydroxyl groups is 6. The average molecular weight is 324 g/mol.